The Morgan fingerprint density at radius 2 is 1.95 bits per heavy atom. The highest BCUT2D eigenvalue weighted by Gasteiger charge is 2.49. The molecule has 37 heavy (non-hydrogen) atoms. The maximum absolute atomic E-state index is 12.7. The van der Waals surface area contributed by atoms with Crippen molar-refractivity contribution < 1.29 is 14.3 Å². The lowest BCUT2D eigenvalue weighted by atomic mass is 10.2. The molecule has 3 aromatic heterocycles. The van der Waals surface area contributed by atoms with E-state index in [4.69, 9.17) is 9.72 Å². The lowest BCUT2D eigenvalue weighted by Gasteiger charge is -2.27. The van der Waals surface area contributed by atoms with Gasteiger partial charge in [0.1, 0.15) is 5.52 Å². The van der Waals surface area contributed by atoms with Gasteiger partial charge in [0.2, 0.25) is 17.0 Å². The van der Waals surface area contributed by atoms with Crippen molar-refractivity contribution in [3.63, 3.8) is 0 Å². The SMILES string of the molecule is Cc1cc(Nc2nc(Sc3ccc(NC(=O)C4CC4C(=O)N4CCOCC4)cc3)nn3cccc23)n[nH]1. The average Bonchev–Trinajstić information content (AvgIpc) is 3.39. The van der Waals surface area contributed by atoms with Crippen molar-refractivity contribution in [1.29, 1.82) is 0 Å². The second-order valence-corrected chi connectivity index (χ2v) is 10.2. The van der Waals surface area contributed by atoms with E-state index in [1.807, 2.05) is 55.6 Å². The summed E-state index contributed by atoms with van der Waals surface area (Å²) in [6.45, 7) is 4.26. The topological polar surface area (TPSA) is 130 Å². The number of aromatic nitrogens is 5. The smallest absolute Gasteiger partial charge is 0.228 e. The molecule has 1 aliphatic carbocycles. The Labute approximate surface area is 217 Å². The molecule has 12 heteroatoms. The number of aryl methyl sites for hydroxylation is 1. The van der Waals surface area contributed by atoms with Crippen LogP contribution in [0, 0.1) is 18.8 Å². The van der Waals surface area contributed by atoms with Gasteiger partial charge in [-0.05, 0) is 61.5 Å². The molecule has 4 heterocycles. The maximum atomic E-state index is 12.7. The van der Waals surface area contributed by atoms with Crippen molar-refractivity contribution in [2.24, 2.45) is 11.8 Å². The van der Waals surface area contributed by atoms with E-state index in [1.54, 1.807) is 9.42 Å². The predicted molar refractivity (Wildman–Crippen MR) is 138 cm³/mol. The van der Waals surface area contributed by atoms with E-state index >= 15 is 0 Å². The average molecular weight is 519 g/mol. The highest BCUT2D eigenvalue weighted by Crippen LogP contribution is 2.41. The first kappa shape index (κ1) is 23.5. The fraction of sp³-hybridized carbons (Fsp3) is 0.320. The maximum Gasteiger partial charge on any atom is 0.228 e. The number of ether oxygens (including phenoxy) is 1. The summed E-state index contributed by atoms with van der Waals surface area (Å²) in [4.78, 5) is 32.7. The summed E-state index contributed by atoms with van der Waals surface area (Å²) >= 11 is 1.42. The van der Waals surface area contributed by atoms with Crippen LogP contribution in [-0.2, 0) is 14.3 Å². The van der Waals surface area contributed by atoms with Crippen LogP contribution in [0.1, 0.15) is 12.1 Å². The van der Waals surface area contributed by atoms with E-state index < -0.39 is 0 Å². The van der Waals surface area contributed by atoms with Crippen LogP contribution in [0.4, 0.5) is 17.3 Å². The van der Waals surface area contributed by atoms with Crippen molar-refractivity contribution in [2.45, 2.75) is 23.4 Å². The van der Waals surface area contributed by atoms with Crippen LogP contribution in [0.25, 0.3) is 5.52 Å². The Morgan fingerprint density at radius 3 is 2.70 bits per heavy atom. The molecule has 3 N–H and O–H groups in total. The molecule has 4 aromatic rings. The third-order valence-electron chi connectivity index (χ3n) is 6.42. The summed E-state index contributed by atoms with van der Waals surface area (Å²) in [7, 11) is 0. The number of rotatable bonds is 7. The number of hydrogen-bond acceptors (Lipinski definition) is 8. The first-order valence-electron chi connectivity index (χ1n) is 12.1. The minimum absolute atomic E-state index is 0.0612. The number of anilines is 3. The molecule has 0 radical (unpaired) electrons. The standard InChI is InChI=1S/C25H26N8O3S/c1-15-13-21(30-29-15)27-22-20-3-2-8-33(20)31-25(28-22)37-17-6-4-16(5-7-17)26-23(34)18-14-19(18)24(35)32-9-11-36-12-10-32/h2-8,13,18-19H,9-12,14H2,1H3,(H,26,34)(H2,27,28,29,30,31). The molecule has 2 unspecified atom stereocenters. The summed E-state index contributed by atoms with van der Waals surface area (Å²) in [6, 6.07) is 13.3. The third-order valence-corrected chi connectivity index (χ3v) is 7.29. The fourth-order valence-corrected chi connectivity index (χ4v) is 5.12. The molecule has 6 rings (SSSR count). The molecule has 11 nitrogen and oxygen atoms in total. The van der Waals surface area contributed by atoms with E-state index in [2.05, 4.69) is 25.9 Å². The number of nitrogens with zero attached hydrogens (tertiary/aromatic N) is 5. The Bertz CT molecular complexity index is 1440. The van der Waals surface area contributed by atoms with Crippen molar-refractivity contribution in [2.75, 3.05) is 36.9 Å². The molecular weight excluding hydrogens is 492 g/mol. The Morgan fingerprint density at radius 1 is 1.14 bits per heavy atom. The number of fused-ring (bicyclic) bond motifs is 1. The van der Waals surface area contributed by atoms with Crippen LogP contribution < -0.4 is 10.6 Å². The third kappa shape index (κ3) is 5.16. The Kier molecular flexibility index (Phi) is 6.26. The molecule has 0 spiro atoms. The van der Waals surface area contributed by atoms with Gasteiger partial charge in [-0.2, -0.15) is 5.10 Å². The normalized spacial score (nSPS) is 19.1. The summed E-state index contributed by atoms with van der Waals surface area (Å²) < 4.78 is 7.08. The van der Waals surface area contributed by atoms with Gasteiger partial charge in [-0.25, -0.2) is 9.50 Å². The number of amides is 2. The lowest BCUT2D eigenvalue weighted by molar-refractivity contribution is -0.137. The van der Waals surface area contributed by atoms with Gasteiger partial charge in [-0.3, -0.25) is 14.7 Å². The molecular formula is C25H26N8O3S. The number of nitrogens with one attached hydrogen (secondary N) is 3. The van der Waals surface area contributed by atoms with Crippen LogP contribution in [-0.4, -0.2) is 67.8 Å². The summed E-state index contributed by atoms with van der Waals surface area (Å²) in [6.07, 6.45) is 2.47. The quantitative estimate of drug-likeness (QED) is 0.340. The number of aromatic amines is 1. The highest BCUT2D eigenvalue weighted by molar-refractivity contribution is 7.99. The van der Waals surface area contributed by atoms with Gasteiger partial charge in [0.25, 0.3) is 0 Å². The van der Waals surface area contributed by atoms with E-state index in [0.717, 1.165) is 16.1 Å². The minimum Gasteiger partial charge on any atom is -0.378 e. The van der Waals surface area contributed by atoms with Crippen LogP contribution in [0.3, 0.4) is 0 Å². The van der Waals surface area contributed by atoms with Gasteiger partial charge >= 0.3 is 0 Å². The van der Waals surface area contributed by atoms with Crippen molar-refractivity contribution in [3.8, 4) is 0 Å². The number of benzene rings is 1. The second kappa shape index (κ2) is 9.87. The zero-order valence-corrected chi connectivity index (χ0v) is 21.0. The molecule has 1 aliphatic heterocycles. The number of H-pyrrole nitrogens is 1. The van der Waals surface area contributed by atoms with Gasteiger partial charge in [-0.1, -0.05) is 0 Å². The molecule has 2 aliphatic rings. The predicted octanol–water partition coefficient (Wildman–Crippen LogP) is 3.09. The monoisotopic (exact) mass is 518 g/mol. The molecule has 2 fully saturated rings. The molecule has 2 atom stereocenters. The van der Waals surface area contributed by atoms with E-state index in [1.165, 1.54) is 11.8 Å². The number of morpholine rings is 1. The first-order chi connectivity index (χ1) is 18.0. The molecule has 190 valence electrons. The Hall–Kier alpha value is -3.90. The van der Waals surface area contributed by atoms with E-state index in [0.29, 0.717) is 55.2 Å². The second-order valence-electron chi connectivity index (χ2n) is 9.14. The lowest BCUT2D eigenvalue weighted by Crippen LogP contribution is -2.42. The molecule has 0 bridgehead atoms. The van der Waals surface area contributed by atoms with Crippen molar-refractivity contribution in [3.05, 3.63) is 54.4 Å². The summed E-state index contributed by atoms with van der Waals surface area (Å²) in [5.74, 6) is 0.796. The van der Waals surface area contributed by atoms with Crippen LogP contribution in [0.5, 0.6) is 0 Å². The van der Waals surface area contributed by atoms with Gasteiger partial charge in [0.05, 0.1) is 25.0 Å². The van der Waals surface area contributed by atoms with Crippen molar-refractivity contribution >= 4 is 46.4 Å². The first-order valence-corrected chi connectivity index (χ1v) is 12.9. The minimum atomic E-state index is -0.268. The molecule has 1 aromatic carbocycles. The fourth-order valence-electron chi connectivity index (χ4n) is 4.38. The van der Waals surface area contributed by atoms with Gasteiger partial charge in [0, 0.05) is 41.6 Å². The van der Waals surface area contributed by atoms with Gasteiger partial charge in [0.15, 0.2) is 11.6 Å². The molecule has 1 saturated heterocycles. The van der Waals surface area contributed by atoms with Crippen LogP contribution >= 0.6 is 11.8 Å². The number of carbonyl (C=O) groups is 2. The van der Waals surface area contributed by atoms with Crippen LogP contribution in [0.15, 0.2) is 58.7 Å². The Balaban J connectivity index is 1.09. The van der Waals surface area contributed by atoms with Gasteiger partial charge in [-0.15, -0.1) is 5.10 Å². The zero-order valence-electron chi connectivity index (χ0n) is 20.2. The summed E-state index contributed by atoms with van der Waals surface area (Å²) in [5, 5.41) is 18.5. The zero-order chi connectivity index (χ0) is 25.4. The number of hydrogen-bond donors (Lipinski definition) is 3. The van der Waals surface area contributed by atoms with Crippen LogP contribution in [0.2, 0.25) is 0 Å². The van der Waals surface area contributed by atoms with Crippen molar-refractivity contribution in [1.82, 2.24) is 29.7 Å². The van der Waals surface area contributed by atoms with E-state index in [-0.39, 0.29) is 23.7 Å². The van der Waals surface area contributed by atoms with Gasteiger partial charge < -0.3 is 20.3 Å². The highest BCUT2D eigenvalue weighted by atomic mass is 32.2. The number of carbonyl (C=O) groups excluding carboxylic acids is 2. The van der Waals surface area contributed by atoms with E-state index in [9.17, 15) is 9.59 Å². The molecule has 1 saturated carbocycles. The molecule has 2 amide bonds. The largest absolute Gasteiger partial charge is 0.378 e. The summed E-state index contributed by atoms with van der Waals surface area (Å²) in [5.41, 5.74) is 2.48.